The Balaban J connectivity index is 2.59. The third-order valence-corrected chi connectivity index (χ3v) is 3.82. The minimum atomic E-state index is -3.68. The van der Waals surface area contributed by atoms with Crippen LogP contribution in [0.3, 0.4) is 0 Å². The Labute approximate surface area is 107 Å². The number of rotatable bonds is 6. The summed E-state index contributed by atoms with van der Waals surface area (Å²) in [4.78, 5) is 23.3. The van der Waals surface area contributed by atoms with Crippen molar-refractivity contribution in [2.45, 2.75) is 25.3 Å². The average Bonchev–Trinajstić information content (AvgIpc) is 2.66. The number of amides is 2. The first kappa shape index (κ1) is 14.9. The summed E-state index contributed by atoms with van der Waals surface area (Å²) in [6, 6.07) is -0.907. The summed E-state index contributed by atoms with van der Waals surface area (Å²) in [5, 5.41) is 2.60. The quantitative estimate of drug-likeness (QED) is 0.635. The van der Waals surface area contributed by atoms with Gasteiger partial charge in [0.25, 0.3) is 0 Å². The third kappa shape index (κ3) is 3.67. The Morgan fingerprint density at radius 1 is 1.56 bits per heavy atom. The van der Waals surface area contributed by atoms with Crippen molar-refractivity contribution in [3.8, 4) is 0 Å². The van der Waals surface area contributed by atoms with Crippen LogP contribution in [-0.4, -0.2) is 57.1 Å². The highest BCUT2D eigenvalue weighted by molar-refractivity contribution is 7.89. The summed E-state index contributed by atoms with van der Waals surface area (Å²) in [5.41, 5.74) is 0. The summed E-state index contributed by atoms with van der Waals surface area (Å²) in [5.74, 6) is -0.947. The van der Waals surface area contributed by atoms with Crippen LogP contribution in [0.4, 0.5) is 0 Å². The summed E-state index contributed by atoms with van der Waals surface area (Å²) < 4.78 is 28.4. The van der Waals surface area contributed by atoms with Gasteiger partial charge >= 0.3 is 0 Å². The van der Waals surface area contributed by atoms with Gasteiger partial charge in [-0.2, -0.15) is 0 Å². The second-order valence-corrected chi connectivity index (χ2v) is 6.00. The molecule has 0 aromatic carbocycles. The zero-order chi connectivity index (χ0) is 13.8. The number of methoxy groups -OCH3 is 1. The molecule has 1 heterocycles. The summed E-state index contributed by atoms with van der Waals surface area (Å²) in [6.45, 7) is 0.911. The van der Waals surface area contributed by atoms with E-state index < -0.39 is 27.9 Å². The first-order valence-corrected chi connectivity index (χ1v) is 7.51. The number of ether oxygens (including phenoxy) is 1. The van der Waals surface area contributed by atoms with Gasteiger partial charge in [-0.1, -0.05) is 0 Å². The number of carbonyl (C=O) groups excluding carboxylic acids is 2. The molecule has 0 aromatic heterocycles. The fourth-order valence-corrected chi connectivity index (χ4v) is 2.99. The molecule has 0 aromatic rings. The van der Waals surface area contributed by atoms with E-state index in [9.17, 15) is 18.0 Å². The highest BCUT2D eigenvalue weighted by atomic mass is 32.2. The van der Waals surface area contributed by atoms with Gasteiger partial charge in [0.15, 0.2) is 0 Å². The molecule has 1 fully saturated rings. The highest BCUT2D eigenvalue weighted by Gasteiger charge is 2.41. The molecule has 2 amide bonds. The van der Waals surface area contributed by atoms with Crippen molar-refractivity contribution in [3.63, 3.8) is 0 Å². The summed E-state index contributed by atoms with van der Waals surface area (Å²) in [7, 11) is -2.12. The fraction of sp³-hybridized carbons (Fsp3) is 0.800. The zero-order valence-electron chi connectivity index (χ0n) is 10.5. The van der Waals surface area contributed by atoms with Gasteiger partial charge in [0.05, 0.1) is 6.26 Å². The van der Waals surface area contributed by atoms with Crippen LogP contribution in [0.1, 0.15) is 19.3 Å². The van der Waals surface area contributed by atoms with Crippen LogP contribution >= 0.6 is 0 Å². The van der Waals surface area contributed by atoms with Gasteiger partial charge in [0.1, 0.15) is 6.04 Å². The molecule has 18 heavy (non-hydrogen) atoms. The van der Waals surface area contributed by atoms with Crippen LogP contribution in [0, 0.1) is 0 Å². The molecule has 1 saturated heterocycles. The van der Waals surface area contributed by atoms with Crippen LogP contribution < -0.4 is 5.32 Å². The van der Waals surface area contributed by atoms with E-state index in [2.05, 4.69) is 5.32 Å². The van der Waals surface area contributed by atoms with Gasteiger partial charge in [-0.15, -0.1) is 0 Å². The number of hydrogen-bond acceptors (Lipinski definition) is 5. The van der Waals surface area contributed by atoms with Crippen molar-refractivity contribution in [2.75, 3.05) is 26.5 Å². The van der Waals surface area contributed by atoms with Crippen molar-refractivity contribution in [1.82, 2.24) is 9.62 Å². The molecule has 1 aliphatic heterocycles. The zero-order valence-corrected chi connectivity index (χ0v) is 11.3. The van der Waals surface area contributed by atoms with Crippen LogP contribution in [-0.2, 0) is 24.3 Å². The molecule has 1 atom stereocenters. The van der Waals surface area contributed by atoms with Crippen molar-refractivity contribution < 1.29 is 22.7 Å². The predicted octanol–water partition coefficient (Wildman–Crippen LogP) is -0.910. The maximum absolute atomic E-state index is 11.8. The molecule has 0 radical (unpaired) electrons. The molecular formula is C10H18N2O5S. The van der Waals surface area contributed by atoms with Gasteiger partial charge in [-0.25, -0.2) is 12.7 Å². The van der Waals surface area contributed by atoms with E-state index in [0.717, 1.165) is 6.26 Å². The van der Waals surface area contributed by atoms with E-state index in [-0.39, 0.29) is 12.8 Å². The van der Waals surface area contributed by atoms with Crippen LogP contribution in [0.15, 0.2) is 0 Å². The van der Waals surface area contributed by atoms with E-state index in [4.69, 9.17) is 4.74 Å². The third-order valence-electron chi connectivity index (χ3n) is 2.64. The molecular weight excluding hydrogens is 260 g/mol. The smallest absolute Gasteiger partial charge is 0.244 e. The second-order valence-electron chi connectivity index (χ2n) is 4.14. The molecule has 1 rings (SSSR count). The number of nitrogens with zero attached hydrogens (tertiary/aromatic N) is 1. The standard InChI is InChI=1S/C10H18N2O5S/c1-17-7-3-6-11-10(14)8-4-5-9(13)12(8)18(2,15)16/h8H,3-7H2,1-2H3,(H,11,14). The van der Waals surface area contributed by atoms with E-state index in [1.807, 2.05) is 0 Å². The van der Waals surface area contributed by atoms with Crippen molar-refractivity contribution >= 4 is 21.8 Å². The topological polar surface area (TPSA) is 92.8 Å². The molecule has 8 heteroatoms. The SMILES string of the molecule is COCCCNC(=O)C1CCC(=O)N1S(C)(=O)=O. The largest absolute Gasteiger partial charge is 0.385 e. The van der Waals surface area contributed by atoms with Crippen molar-refractivity contribution in [3.05, 3.63) is 0 Å². The molecule has 0 aliphatic carbocycles. The average molecular weight is 278 g/mol. The van der Waals surface area contributed by atoms with Gasteiger partial charge in [0, 0.05) is 26.7 Å². The van der Waals surface area contributed by atoms with Crippen LogP contribution in [0.25, 0.3) is 0 Å². The van der Waals surface area contributed by atoms with Crippen molar-refractivity contribution in [1.29, 1.82) is 0 Å². The van der Waals surface area contributed by atoms with Crippen LogP contribution in [0.2, 0.25) is 0 Å². The van der Waals surface area contributed by atoms with Gasteiger partial charge < -0.3 is 10.1 Å². The van der Waals surface area contributed by atoms with E-state index in [0.29, 0.717) is 23.9 Å². The Kier molecular flexibility index (Phi) is 5.09. The Morgan fingerprint density at radius 3 is 2.78 bits per heavy atom. The molecule has 7 nitrogen and oxygen atoms in total. The second kappa shape index (κ2) is 6.14. The maximum atomic E-state index is 11.8. The number of sulfonamides is 1. The molecule has 0 saturated carbocycles. The molecule has 0 spiro atoms. The number of hydrogen-bond donors (Lipinski definition) is 1. The first-order valence-electron chi connectivity index (χ1n) is 5.67. The molecule has 0 bridgehead atoms. The predicted molar refractivity (Wildman–Crippen MR) is 64.2 cm³/mol. The van der Waals surface area contributed by atoms with Gasteiger partial charge in [-0.05, 0) is 12.8 Å². The lowest BCUT2D eigenvalue weighted by atomic mass is 10.2. The molecule has 1 N–H and O–H groups in total. The molecule has 1 aliphatic rings. The highest BCUT2D eigenvalue weighted by Crippen LogP contribution is 2.21. The lowest BCUT2D eigenvalue weighted by Crippen LogP contribution is -2.47. The van der Waals surface area contributed by atoms with Crippen molar-refractivity contribution in [2.24, 2.45) is 0 Å². The Morgan fingerprint density at radius 2 is 2.22 bits per heavy atom. The normalized spacial score (nSPS) is 20.2. The first-order chi connectivity index (χ1) is 8.38. The summed E-state index contributed by atoms with van der Waals surface area (Å²) >= 11 is 0. The fourth-order valence-electron chi connectivity index (χ4n) is 1.86. The van der Waals surface area contributed by atoms with E-state index in [1.165, 1.54) is 0 Å². The Bertz CT molecular complexity index is 420. The number of carbonyl (C=O) groups is 2. The van der Waals surface area contributed by atoms with E-state index in [1.54, 1.807) is 7.11 Å². The number of nitrogens with one attached hydrogen (secondary N) is 1. The Hall–Kier alpha value is -1.15. The molecule has 1 unspecified atom stereocenters. The minimum absolute atomic E-state index is 0.0865. The van der Waals surface area contributed by atoms with Gasteiger partial charge in [0.2, 0.25) is 21.8 Å². The van der Waals surface area contributed by atoms with Gasteiger partial charge in [-0.3, -0.25) is 9.59 Å². The minimum Gasteiger partial charge on any atom is -0.385 e. The monoisotopic (exact) mass is 278 g/mol. The summed E-state index contributed by atoms with van der Waals surface area (Å²) in [6.07, 6.45) is 1.90. The lowest BCUT2D eigenvalue weighted by molar-refractivity contribution is -0.130. The maximum Gasteiger partial charge on any atom is 0.244 e. The molecule has 104 valence electrons. The van der Waals surface area contributed by atoms with Crippen LogP contribution in [0.5, 0.6) is 0 Å². The van der Waals surface area contributed by atoms with E-state index >= 15 is 0 Å². The lowest BCUT2D eigenvalue weighted by Gasteiger charge is -2.21.